The molecule has 6 heteroatoms. The first-order valence-electron chi connectivity index (χ1n) is 9.11. The normalized spacial score (nSPS) is 14.9. The molecule has 0 spiro atoms. The van der Waals surface area contributed by atoms with Crippen molar-refractivity contribution >= 4 is 50.9 Å². The van der Waals surface area contributed by atoms with Gasteiger partial charge >= 0.3 is 0 Å². The molecule has 1 aliphatic heterocycles. The molecule has 2 aromatic heterocycles. The number of piperidine rings is 1. The third kappa shape index (κ3) is 3.22. The van der Waals surface area contributed by atoms with E-state index in [4.69, 9.17) is 0 Å². The van der Waals surface area contributed by atoms with Gasteiger partial charge in [-0.3, -0.25) is 0 Å². The molecule has 1 saturated heterocycles. The summed E-state index contributed by atoms with van der Waals surface area (Å²) < 4.78 is 2.32. The second-order valence-electron chi connectivity index (χ2n) is 7.01. The summed E-state index contributed by atoms with van der Waals surface area (Å²) in [5, 5.41) is 9.88. The van der Waals surface area contributed by atoms with Gasteiger partial charge in [0, 0.05) is 12.1 Å². The van der Waals surface area contributed by atoms with Crippen LogP contribution in [0.1, 0.15) is 12.8 Å². The Morgan fingerprint density at radius 2 is 1.63 bits per heavy atom. The number of fused-ring (bicyclic) bond motifs is 4. The van der Waals surface area contributed by atoms with Gasteiger partial charge in [-0.2, -0.15) is 4.57 Å². The summed E-state index contributed by atoms with van der Waals surface area (Å²) >= 11 is 0. The third-order valence-electron chi connectivity index (χ3n) is 5.49. The molecule has 142 valence electrons. The van der Waals surface area contributed by atoms with Crippen molar-refractivity contribution in [3.05, 3.63) is 48.5 Å². The predicted molar refractivity (Wildman–Crippen MR) is 111 cm³/mol. The van der Waals surface area contributed by atoms with Crippen molar-refractivity contribution in [3.63, 3.8) is 0 Å². The molecule has 4 nitrogen and oxygen atoms in total. The molecule has 3 N–H and O–H groups in total. The first-order chi connectivity index (χ1) is 12.3. The Labute approximate surface area is 171 Å². The van der Waals surface area contributed by atoms with Crippen LogP contribution in [0, 0.1) is 0 Å². The highest BCUT2D eigenvalue weighted by Gasteiger charge is 2.24. The number of para-hydroxylation sites is 2. The van der Waals surface area contributed by atoms with Crippen molar-refractivity contribution in [2.45, 2.75) is 18.9 Å². The maximum Gasteiger partial charge on any atom is 0.240 e. The second-order valence-corrected chi connectivity index (χ2v) is 7.01. The summed E-state index contributed by atoms with van der Waals surface area (Å²) in [6.07, 6.45) is 2.33. The van der Waals surface area contributed by atoms with E-state index in [1.807, 2.05) is 0 Å². The van der Waals surface area contributed by atoms with Crippen LogP contribution in [0.4, 0.5) is 5.69 Å². The van der Waals surface area contributed by atoms with E-state index < -0.39 is 0 Å². The van der Waals surface area contributed by atoms with Crippen molar-refractivity contribution in [1.82, 2.24) is 10.3 Å². The van der Waals surface area contributed by atoms with Gasteiger partial charge in [-0.15, -0.1) is 12.4 Å². The first-order valence-corrected chi connectivity index (χ1v) is 9.11. The van der Waals surface area contributed by atoms with E-state index in [0.29, 0.717) is 6.04 Å². The van der Waals surface area contributed by atoms with Gasteiger partial charge in [-0.1, -0.05) is 24.3 Å². The van der Waals surface area contributed by atoms with Crippen molar-refractivity contribution in [1.29, 1.82) is 0 Å². The van der Waals surface area contributed by atoms with Gasteiger partial charge in [0.25, 0.3) is 0 Å². The smallest absolute Gasteiger partial charge is 0.240 e. The fraction of sp³-hybridized carbons (Fsp3) is 0.286. The second kappa shape index (κ2) is 7.93. The van der Waals surface area contributed by atoms with E-state index >= 15 is 0 Å². The number of aromatic nitrogens is 2. The fourth-order valence-electron chi connectivity index (χ4n) is 4.21. The van der Waals surface area contributed by atoms with Crippen molar-refractivity contribution < 1.29 is 17.0 Å². The van der Waals surface area contributed by atoms with Crippen LogP contribution in [0.5, 0.6) is 0 Å². The maximum atomic E-state index is 3.87. The summed E-state index contributed by atoms with van der Waals surface area (Å²) in [4.78, 5) is 3.67. The summed E-state index contributed by atoms with van der Waals surface area (Å²) in [5.74, 6) is 0. The summed E-state index contributed by atoms with van der Waals surface area (Å²) in [7, 11) is 2.17. The lowest BCUT2D eigenvalue weighted by Gasteiger charge is -2.25. The first kappa shape index (κ1) is 19.7. The minimum Gasteiger partial charge on any atom is -1.00 e. The highest BCUT2D eigenvalue weighted by Crippen LogP contribution is 2.34. The molecule has 1 aliphatic rings. The molecule has 0 amide bonds. The molecule has 0 atom stereocenters. The SMILES string of the molecule is C[n+]1c2ccccc2c(NC2CCNCC2)c2[nH]c3ccccc3c21.Cl.[Cl-]. The monoisotopic (exact) mass is 402 g/mol. The zero-order valence-electron chi connectivity index (χ0n) is 15.3. The molecule has 0 unspecified atom stereocenters. The van der Waals surface area contributed by atoms with Crippen LogP contribution >= 0.6 is 12.4 Å². The van der Waals surface area contributed by atoms with Crippen molar-refractivity contribution in [2.75, 3.05) is 18.4 Å². The summed E-state index contributed by atoms with van der Waals surface area (Å²) in [5.41, 5.74) is 6.17. The zero-order chi connectivity index (χ0) is 16.8. The molecule has 2 aromatic carbocycles. The highest BCUT2D eigenvalue weighted by atomic mass is 35.5. The highest BCUT2D eigenvalue weighted by molar-refractivity contribution is 6.13. The number of rotatable bonds is 2. The number of aromatic amines is 1. The Kier molecular flexibility index (Phi) is 5.80. The number of hydrogen-bond acceptors (Lipinski definition) is 2. The Bertz CT molecular complexity index is 1080. The molecule has 0 aliphatic carbocycles. The average Bonchev–Trinajstić information content (AvgIpc) is 3.06. The summed E-state index contributed by atoms with van der Waals surface area (Å²) in [6, 6.07) is 17.8. The number of anilines is 1. The van der Waals surface area contributed by atoms with Crippen LogP contribution in [0.3, 0.4) is 0 Å². The van der Waals surface area contributed by atoms with Gasteiger partial charge in [0.15, 0.2) is 0 Å². The van der Waals surface area contributed by atoms with E-state index in [9.17, 15) is 0 Å². The number of nitrogens with one attached hydrogen (secondary N) is 3. The Balaban J connectivity index is 0.00000105. The molecule has 3 heterocycles. The molecule has 0 bridgehead atoms. The van der Waals surface area contributed by atoms with Crippen LogP contribution in [0.15, 0.2) is 48.5 Å². The van der Waals surface area contributed by atoms with Gasteiger partial charge in [0.1, 0.15) is 12.6 Å². The van der Waals surface area contributed by atoms with E-state index in [2.05, 4.69) is 75.8 Å². The molecular formula is C21H24Cl2N4. The fourth-order valence-corrected chi connectivity index (χ4v) is 4.21. The minimum absolute atomic E-state index is 0. The summed E-state index contributed by atoms with van der Waals surface area (Å²) in [6.45, 7) is 2.18. The van der Waals surface area contributed by atoms with Crippen LogP contribution in [0.2, 0.25) is 0 Å². The molecule has 27 heavy (non-hydrogen) atoms. The Morgan fingerprint density at radius 3 is 2.41 bits per heavy atom. The van der Waals surface area contributed by atoms with Crippen LogP contribution in [-0.4, -0.2) is 24.1 Å². The molecular weight excluding hydrogens is 379 g/mol. The molecule has 0 saturated carbocycles. The third-order valence-corrected chi connectivity index (χ3v) is 5.49. The van der Waals surface area contributed by atoms with Gasteiger partial charge in [0.05, 0.1) is 22.0 Å². The van der Waals surface area contributed by atoms with Crippen LogP contribution < -0.4 is 27.6 Å². The topological polar surface area (TPSA) is 43.7 Å². The van der Waals surface area contributed by atoms with Crippen LogP contribution in [0.25, 0.3) is 32.8 Å². The lowest BCUT2D eigenvalue weighted by molar-refractivity contribution is -0.616. The van der Waals surface area contributed by atoms with Crippen molar-refractivity contribution in [3.8, 4) is 0 Å². The lowest BCUT2D eigenvalue weighted by atomic mass is 10.0. The number of H-pyrrole nitrogens is 1. The minimum atomic E-state index is 0. The number of aryl methyl sites for hydroxylation is 1. The molecule has 4 aromatic rings. The average molecular weight is 403 g/mol. The van der Waals surface area contributed by atoms with E-state index in [1.54, 1.807) is 0 Å². The Hall–Kier alpha value is -2.01. The van der Waals surface area contributed by atoms with Gasteiger partial charge in [-0.25, -0.2) is 0 Å². The van der Waals surface area contributed by atoms with Gasteiger partial charge < -0.3 is 28.0 Å². The number of pyridine rings is 1. The predicted octanol–water partition coefficient (Wildman–Crippen LogP) is 0.888. The molecule has 5 rings (SSSR count). The largest absolute Gasteiger partial charge is 1.00 e. The van der Waals surface area contributed by atoms with Crippen LogP contribution in [-0.2, 0) is 7.05 Å². The maximum absolute atomic E-state index is 3.87. The van der Waals surface area contributed by atoms with E-state index in [-0.39, 0.29) is 24.8 Å². The Morgan fingerprint density at radius 1 is 0.963 bits per heavy atom. The quantitative estimate of drug-likeness (QED) is 0.436. The van der Waals surface area contributed by atoms with Crippen molar-refractivity contribution in [2.24, 2.45) is 7.05 Å². The number of halogens is 2. The standard InChI is InChI=1S/C21H22N4.2ClH/c1-25-18-9-5-3-7-16(18)19(23-14-10-12-22-13-11-14)20-21(25)15-6-2-4-8-17(15)24-20;;/h2-9,14,22H,10-13H2,1H3,(H,23,24);2*1H. The van der Waals surface area contributed by atoms with E-state index in [0.717, 1.165) is 25.9 Å². The lowest BCUT2D eigenvalue weighted by Crippen LogP contribution is -3.00. The number of benzene rings is 2. The molecule has 0 radical (unpaired) electrons. The number of nitrogens with zero attached hydrogens (tertiary/aromatic N) is 1. The zero-order valence-corrected chi connectivity index (χ0v) is 16.8. The molecule has 1 fully saturated rings. The number of hydrogen-bond donors (Lipinski definition) is 3. The van der Waals surface area contributed by atoms with E-state index in [1.165, 1.54) is 38.5 Å². The van der Waals surface area contributed by atoms with Gasteiger partial charge in [0.2, 0.25) is 11.0 Å². The van der Waals surface area contributed by atoms with Gasteiger partial charge in [-0.05, 0) is 44.1 Å².